The number of nitrogens with zero attached hydrogens (tertiary/aromatic N) is 4. The normalized spacial score (nSPS) is 29.6. The fourth-order valence-corrected chi connectivity index (χ4v) is 5.95. The number of aromatic nitrogens is 1. The molecular formula is C23H30N4O2. The van der Waals surface area contributed by atoms with Crippen molar-refractivity contribution in [1.29, 1.82) is 5.26 Å². The third-order valence-corrected chi connectivity index (χ3v) is 7.66. The van der Waals surface area contributed by atoms with Crippen LogP contribution >= 0.6 is 0 Å². The maximum Gasteiger partial charge on any atom is 0.306 e. The first-order valence-electron chi connectivity index (χ1n) is 11.2. The van der Waals surface area contributed by atoms with Crippen molar-refractivity contribution in [3.8, 4) is 6.07 Å². The van der Waals surface area contributed by atoms with Crippen LogP contribution in [-0.2, 0) is 22.4 Å². The van der Waals surface area contributed by atoms with Crippen LogP contribution in [0.2, 0.25) is 0 Å². The van der Waals surface area contributed by atoms with Gasteiger partial charge >= 0.3 is 5.97 Å². The maximum absolute atomic E-state index is 12.0. The number of pyridine rings is 1. The average Bonchev–Trinajstić information content (AvgIpc) is 3.20. The number of fused-ring (bicyclic) bond motifs is 3. The summed E-state index contributed by atoms with van der Waals surface area (Å²) in [5.41, 5.74) is 3.37. The highest BCUT2D eigenvalue weighted by atomic mass is 16.5. The van der Waals surface area contributed by atoms with Crippen molar-refractivity contribution in [3.63, 3.8) is 0 Å². The van der Waals surface area contributed by atoms with Crippen LogP contribution in [0.1, 0.15) is 56.2 Å². The number of hydrogen-bond acceptors (Lipinski definition) is 6. The van der Waals surface area contributed by atoms with E-state index in [0.717, 1.165) is 56.1 Å². The Bertz CT molecular complexity index is 865. The Kier molecular flexibility index (Phi) is 4.64. The fraction of sp³-hybridized carbons (Fsp3) is 0.696. The molecule has 0 radical (unpaired) electrons. The molecule has 4 fully saturated rings. The van der Waals surface area contributed by atoms with Gasteiger partial charge in [-0.25, -0.2) is 4.98 Å². The van der Waals surface area contributed by atoms with Gasteiger partial charge in [-0.15, -0.1) is 0 Å². The lowest BCUT2D eigenvalue weighted by Gasteiger charge is -2.54. The monoisotopic (exact) mass is 394 g/mol. The van der Waals surface area contributed by atoms with E-state index in [2.05, 4.69) is 22.8 Å². The van der Waals surface area contributed by atoms with Crippen LogP contribution in [0, 0.1) is 29.1 Å². The molecule has 2 bridgehead atoms. The van der Waals surface area contributed by atoms with E-state index in [4.69, 9.17) is 9.72 Å². The van der Waals surface area contributed by atoms with Crippen molar-refractivity contribution >= 4 is 17.6 Å². The molecular weight excluding hydrogens is 364 g/mol. The van der Waals surface area contributed by atoms with Crippen LogP contribution in [0.3, 0.4) is 0 Å². The molecule has 3 saturated heterocycles. The Hall–Kier alpha value is -2.29. The van der Waals surface area contributed by atoms with Crippen molar-refractivity contribution in [2.45, 2.75) is 58.4 Å². The summed E-state index contributed by atoms with van der Waals surface area (Å²) in [6, 6.07) is 2.94. The molecule has 5 aliphatic rings. The Morgan fingerprint density at radius 2 is 2.00 bits per heavy atom. The standard InChI is InChI=1S/C23H30N4O2/c1-3-29-21(28)10-19-15-9-16(19)13-26(12-15)22-18-6-4-5-17(18)20(11-24)23(25-22)27-8-7-14(27)2/h14-16,19H,3-10,12-13H2,1-2H3. The molecule has 0 N–H and O–H groups in total. The topological polar surface area (TPSA) is 69.5 Å². The summed E-state index contributed by atoms with van der Waals surface area (Å²) >= 11 is 0. The molecule has 6 heteroatoms. The number of carbonyl (C=O) groups excluding carboxylic acids is 1. The van der Waals surface area contributed by atoms with Crippen molar-refractivity contribution in [2.75, 3.05) is 36.0 Å². The molecule has 2 aliphatic carbocycles. The van der Waals surface area contributed by atoms with Crippen molar-refractivity contribution in [1.82, 2.24) is 4.98 Å². The summed E-state index contributed by atoms with van der Waals surface area (Å²) in [4.78, 5) is 21.8. The molecule has 154 valence electrons. The Balaban J connectivity index is 1.41. The van der Waals surface area contributed by atoms with Gasteiger partial charge in [0, 0.05) is 32.1 Å². The molecule has 0 aromatic carbocycles. The molecule has 1 saturated carbocycles. The quantitative estimate of drug-likeness (QED) is 0.715. The highest BCUT2D eigenvalue weighted by Gasteiger charge is 2.48. The number of piperidine rings is 2. The van der Waals surface area contributed by atoms with Gasteiger partial charge in [-0.1, -0.05) is 0 Å². The van der Waals surface area contributed by atoms with Gasteiger partial charge in [0.05, 0.1) is 12.2 Å². The number of hydrogen-bond donors (Lipinski definition) is 0. The van der Waals surface area contributed by atoms with Crippen molar-refractivity contribution in [2.24, 2.45) is 17.8 Å². The van der Waals surface area contributed by atoms with Gasteiger partial charge in [0.25, 0.3) is 0 Å². The van der Waals surface area contributed by atoms with Gasteiger partial charge in [0.15, 0.2) is 0 Å². The SMILES string of the molecule is CCOC(=O)CC1C2CC1CN(c1nc(N3CCC3C)c(C#N)c3c1CCC3)C2. The van der Waals surface area contributed by atoms with Crippen LogP contribution < -0.4 is 9.80 Å². The van der Waals surface area contributed by atoms with Gasteiger partial charge in [-0.2, -0.15) is 5.26 Å². The highest BCUT2D eigenvalue weighted by molar-refractivity contribution is 5.71. The van der Waals surface area contributed by atoms with Crippen LogP contribution in [0.4, 0.5) is 11.6 Å². The van der Waals surface area contributed by atoms with Gasteiger partial charge in [0.1, 0.15) is 17.7 Å². The highest BCUT2D eigenvalue weighted by Crippen LogP contribution is 2.49. The van der Waals surface area contributed by atoms with Crippen molar-refractivity contribution in [3.05, 3.63) is 16.7 Å². The van der Waals surface area contributed by atoms with Crippen LogP contribution in [-0.4, -0.2) is 43.2 Å². The number of carbonyl (C=O) groups is 1. The van der Waals surface area contributed by atoms with E-state index < -0.39 is 0 Å². The van der Waals surface area contributed by atoms with Crippen LogP contribution in [0.5, 0.6) is 0 Å². The first-order valence-corrected chi connectivity index (χ1v) is 11.2. The summed E-state index contributed by atoms with van der Waals surface area (Å²) in [6.45, 7) is 7.49. The molecule has 1 aromatic rings. The molecule has 0 amide bonds. The third kappa shape index (κ3) is 2.97. The molecule has 1 aromatic heterocycles. The second kappa shape index (κ2) is 7.19. The Morgan fingerprint density at radius 1 is 1.24 bits per heavy atom. The lowest BCUT2D eigenvalue weighted by atomic mass is 9.60. The van der Waals surface area contributed by atoms with E-state index in [-0.39, 0.29) is 5.97 Å². The summed E-state index contributed by atoms with van der Waals surface area (Å²) in [6.07, 6.45) is 6.09. The van der Waals surface area contributed by atoms with Gasteiger partial charge in [0.2, 0.25) is 0 Å². The smallest absolute Gasteiger partial charge is 0.306 e. The predicted molar refractivity (Wildman–Crippen MR) is 111 cm³/mol. The zero-order valence-electron chi connectivity index (χ0n) is 17.5. The summed E-state index contributed by atoms with van der Waals surface area (Å²) in [5.74, 6) is 3.55. The first kappa shape index (κ1) is 18.7. The summed E-state index contributed by atoms with van der Waals surface area (Å²) in [5, 5.41) is 9.88. The molecule has 6 nitrogen and oxygen atoms in total. The second-order valence-corrected chi connectivity index (χ2v) is 9.22. The van der Waals surface area contributed by atoms with E-state index >= 15 is 0 Å². The molecule has 3 aliphatic heterocycles. The zero-order chi connectivity index (χ0) is 20.1. The number of esters is 1. The minimum atomic E-state index is -0.0490. The number of ether oxygens (including phenoxy) is 1. The van der Waals surface area contributed by atoms with E-state index in [1.807, 2.05) is 6.92 Å². The molecule has 0 spiro atoms. The summed E-state index contributed by atoms with van der Waals surface area (Å²) < 4.78 is 5.18. The Morgan fingerprint density at radius 3 is 2.62 bits per heavy atom. The van der Waals surface area contributed by atoms with E-state index in [1.54, 1.807) is 0 Å². The number of rotatable bonds is 5. The van der Waals surface area contributed by atoms with Gasteiger partial charge in [-0.05, 0) is 74.8 Å². The Labute approximate surface area is 172 Å². The zero-order valence-corrected chi connectivity index (χ0v) is 17.5. The van der Waals surface area contributed by atoms with Gasteiger partial charge < -0.3 is 14.5 Å². The minimum absolute atomic E-state index is 0.0490. The minimum Gasteiger partial charge on any atom is -0.466 e. The lowest BCUT2D eigenvalue weighted by molar-refractivity contribution is -0.147. The van der Waals surface area contributed by atoms with Crippen LogP contribution in [0.25, 0.3) is 0 Å². The van der Waals surface area contributed by atoms with E-state index in [0.29, 0.717) is 36.8 Å². The molecule has 3 unspecified atom stereocenters. The number of nitriles is 1. The molecule has 6 rings (SSSR count). The number of anilines is 2. The predicted octanol–water partition coefficient (Wildman–Crippen LogP) is 3.07. The molecule has 4 heterocycles. The fourth-order valence-electron chi connectivity index (χ4n) is 5.95. The van der Waals surface area contributed by atoms with E-state index in [9.17, 15) is 10.1 Å². The van der Waals surface area contributed by atoms with E-state index in [1.165, 1.54) is 24.0 Å². The lowest BCUT2D eigenvalue weighted by Crippen LogP contribution is -2.56. The maximum atomic E-state index is 12.0. The van der Waals surface area contributed by atoms with Crippen LogP contribution in [0.15, 0.2) is 0 Å². The van der Waals surface area contributed by atoms with Crippen molar-refractivity contribution < 1.29 is 9.53 Å². The third-order valence-electron chi connectivity index (χ3n) is 7.66. The molecule has 3 atom stereocenters. The largest absolute Gasteiger partial charge is 0.466 e. The average molecular weight is 395 g/mol. The summed E-state index contributed by atoms with van der Waals surface area (Å²) in [7, 11) is 0. The molecule has 29 heavy (non-hydrogen) atoms. The van der Waals surface area contributed by atoms with Gasteiger partial charge in [-0.3, -0.25) is 4.79 Å². The first-order chi connectivity index (χ1) is 14.1. The second-order valence-electron chi connectivity index (χ2n) is 9.22.